The molecule has 0 spiro atoms. The van der Waals surface area contributed by atoms with Crippen LogP contribution >= 0.6 is 0 Å². The molecule has 0 radical (unpaired) electrons. The second kappa shape index (κ2) is 7.84. The lowest BCUT2D eigenvalue weighted by molar-refractivity contribution is 0.414. The van der Waals surface area contributed by atoms with Gasteiger partial charge >= 0.3 is 0 Å². The van der Waals surface area contributed by atoms with E-state index in [4.69, 9.17) is 4.74 Å². The molecule has 1 atom stereocenters. The van der Waals surface area contributed by atoms with Crippen LogP contribution in [0, 0.1) is 0 Å². The number of hydrogen-bond donors (Lipinski definition) is 1. The normalized spacial score (nSPS) is 12.3. The van der Waals surface area contributed by atoms with Crippen molar-refractivity contribution < 1.29 is 4.74 Å². The summed E-state index contributed by atoms with van der Waals surface area (Å²) in [6.07, 6.45) is 7.31. The summed E-state index contributed by atoms with van der Waals surface area (Å²) >= 11 is 0. The number of nitrogens with one attached hydrogen (secondary N) is 1. The van der Waals surface area contributed by atoms with Gasteiger partial charge in [-0.05, 0) is 43.5 Å². The zero-order valence-corrected chi connectivity index (χ0v) is 13.2. The van der Waals surface area contributed by atoms with Gasteiger partial charge in [-0.3, -0.25) is 4.68 Å². The summed E-state index contributed by atoms with van der Waals surface area (Å²) in [7, 11) is 3.66. The lowest BCUT2D eigenvalue weighted by Crippen LogP contribution is -2.22. The van der Waals surface area contributed by atoms with E-state index < -0.39 is 0 Å². The van der Waals surface area contributed by atoms with Crippen LogP contribution in [-0.4, -0.2) is 23.4 Å². The van der Waals surface area contributed by atoms with Crippen LogP contribution in [0.1, 0.15) is 36.9 Å². The summed E-state index contributed by atoms with van der Waals surface area (Å²) in [5.74, 6) is 0.909. The number of methoxy groups -OCH3 is 1. The van der Waals surface area contributed by atoms with E-state index in [2.05, 4.69) is 35.7 Å². The Morgan fingerprint density at radius 2 is 2.05 bits per heavy atom. The average Bonchev–Trinajstić information content (AvgIpc) is 2.94. The first kappa shape index (κ1) is 15.6. The van der Waals surface area contributed by atoms with E-state index in [9.17, 15) is 0 Å². The lowest BCUT2D eigenvalue weighted by atomic mass is 10.0. The van der Waals surface area contributed by atoms with E-state index in [0.29, 0.717) is 6.04 Å². The van der Waals surface area contributed by atoms with Crippen molar-refractivity contribution in [1.82, 2.24) is 15.1 Å². The molecule has 0 fully saturated rings. The number of nitrogens with zero attached hydrogens (tertiary/aromatic N) is 2. The van der Waals surface area contributed by atoms with Gasteiger partial charge in [-0.25, -0.2) is 0 Å². The lowest BCUT2D eigenvalue weighted by Gasteiger charge is -2.17. The molecule has 0 saturated carbocycles. The third kappa shape index (κ3) is 4.60. The minimum absolute atomic E-state index is 0.362. The highest BCUT2D eigenvalue weighted by molar-refractivity contribution is 5.27. The van der Waals surface area contributed by atoms with Crippen molar-refractivity contribution in [2.75, 3.05) is 13.7 Å². The van der Waals surface area contributed by atoms with E-state index in [0.717, 1.165) is 31.6 Å². The third-order valence-corrected chi connectivity index (χ3v) is 3.65. The van der Waals surface area contributed by atoms with Crippen LogP contribution in [0.5, 0.6) is 5.75 Å². The molecule has 4 heteroatoms. The number of rotatable bonds is 8. The summed E-state index contributed by atoms with van der Waals surface area (Å²) in [4.78, 5) is 0. The van der Waals surface area contributed by atoms with Crippen molar-refractivity contribution in [3.05, 3.63) is 47.8 Å². The summed E-state index contributed by atoms with van der Waals surface area (Å²) in [5, 5.41) is 7.90. The highest BCUT2D eigenvalue weighted by atomic mass is 16.5. The zero-order valence-electron chi connectivity index (χ0n) is 13.2. The SMILES string of the molecule is CCCNC(CCc1ccc(OC)cc1)c1cnn(C)c1. The Bertz CT molecular complexity index is 533. The smallest absolute Gasteiger partial charge is 0.118 e. The van der Waals surface area contributed by atoms with Crippen LogP contribution in [0.4, 0.5) is 0 Å². The Balaban J connectivity index is 1.97. The van der Waals surface area contributed by atoms with Gasteiger partial charge in [0.15, 0.2) is 0 Å². The molecule has 1 aromatic carbocycles. The number of ether oxygens (including phenoxy) is 1. The maximum Gasteiger partial charge on any atom is 0.118 e. The van der Waals surface area contributed by atoms with Crippen LogP contribution in [0.25, 0.3) is 0 Å². The summed E-state index contributed by atoms with van der Waals surface area (Å²) in [6.45, 7) is 3.22. The molecule has 2 aromatic rings. The van der Waals surface area contributed by atoms with Crippen molar-refractivity contribution in [3.8, 4) is 5.75 Å². The number of aromatic nitrogens is 2. The Labute approximate surface area is 127 Å². The highest BCUT2D eigenvalue weighted by Gasteiger charge is 2.12. The van der Waals surface area contributed by atoms with Gasteiger partial charge in [-0.2, -0.15) is 5.10 Å². The van der Waals surface area contributed by atoms with Gasteiger partial charge in [0.05, 0.1) is 13.3 Å². The standard InChI is InChI=1S/C17H25N3O/c1-4-11-18-17(15-12-19-20(2)13-15)10-7-14-5-8-16(21-3)9-6-14/h5-6,8-9,12-13,17-18H,4,7,10-11H2,1-3H3. The monoisotopic (exact) mass is 287 g/mol. The summed E-state index contributed by atoms with van der Waals surface area (Å²) in [5.41, 5.74) is 2.60. The molecule has 114 valence electrons. The zero-order chi connectivity index (χ0) is 15.1. The van der Waals surface area contributed by atoms with Gasteiger partial charge < -0.3 is 10.1 Å². The van der Waals surface area contributed by atoms with Gasteiger partial charge in [0.25, 0.3) is 0 Å². The van der Waals surface area contributed by atoms with Gasteiger partial charge in [-0.1, -0.05) is 19.1 Å². The minimum atomic E-state index is 0.362. The molecule has 1 N–H and O–H groups in total. The van der Waals surface area contributed by atoms with Crippen LogP contribution < -0.4 is 10.1 Å². The topological polar surface area (TPSA) is 39.1 Å². The molecule has 0 saturated heterocycles. The minimum Gasteiger partial charge on any atom is -0.497 e. The van der Waals surface area contributed by atoms with Gasteiger partial charge in [0.2, 0.25) is 0 Å². The Morgan fingerprint density at radius 1 is 1.29 bits per heavy atom. The Hall–Kier alpha value is -1.81. The first-order valence-corrected chi connectivity index (χ1v) is 7.57. The summed E-state index contributed by atoms with van der Waals surface area (Å²) < 4.78 is 7.06. The molecule has 21 heavy (non-hydrogen) atoms. The quantitative estimate of drug-likeness (QED) is 0.811. The molecule has 1 heterocycles. The van der Waals surface area contributed by atoms with E-state index in [1.807, 2.05) is 30.1 Å². The summed E-state index contributed by atoms with van der Waals surface area (Å²) in [6, 6.07) is 8.68. The molecule has 0 aliphatic carbocycles. The fourth-order valence-corrected chi connectivity index (χ4v) is 2.43. The van der Waals surface area contributed by atoms with Crippen LogP contribution in [0.3, 0.4) is 0 Å². The third-order valence-electron chi connectivity index (χ3n) is 3.65. The van der Waals surface area contributed by atoms with Gasteiger partial charge in [-0.15, -0.1) is 0 Å². The van der Waals surface area contributed by atoms with Crippen molar-refractivity contribution in [1.29, 1.82) is 0 Å². The molecule has 0 aliphatic rings. The van der Waals surface area contributed by atoms with Crippen LogP contribution in [0.15, 0.2) is 36.7 Å². The predicted octanol–water partition coefficient (Wildman–Crippen LogP) is 3.10. The highest BCUT2D eigenvalue weighted by Crippen LogP contribution is 2.20. The molecule has 4 nitrogen and oxygen atoms in total. The van der Waals surface area contributed by atoms with E-state index in [1.165, 1.54) is 11.1 Å². The van der Waals surface area contributed by atoms with Crippen molar-refractivity contribution in [2.45, 2.75) is 32.2 Å². The molecule has 0 aliphatic heterocycles. The van der Waals surface area contributed by atoms with Crippen LogP contribution in [0.2, 0.25) is 0 Å². The predicted molar refractivity (Wildman–Crippen MR) is 85.6 cm³/mol. The van der Waals surface area contributed by atoms with E-state index in [-0.39, 0.29) is 0 Å². The number of aryl methyl sites for hydroxylation is 2. The van der Waals surface area contributed by atoms with Crippen molar-refractivity contribution in [3.63, 3.8) is 0 Å². The second-order valence-electron chi connectivity index (χ2n) is 5.34. The molecule has 0 amide bonds. The number of hydrogen-bond acceptors (Lipinski definition) is 3. The Morgan fingerprint density at radius 3 is 2.62 bits per heavy atom. The molecule has 0 bridgehead atoms. The first-order valence-electron chi connectivity index (χ1n) is 7.57. The number of benzene rings is 1. The Kier molecular flexibility index (Phi) is 5.81. The maximum atomic E-state index is 5.20. The fraction of sp³-hybridized carbons (Fsp3) is 0.471. The fourth-order valence-electron chi connectivity index (χ4n) is 2.43. The second-order valence-corrected chi connectivity index (χ2v) is 5.34. The maximum absolute atomic E-state index is 5.20. The van der Waals surface area contributed by atoms with Gasteiger partial charge in [0.1, 0.15) is 5.75 Å². The first-order chi connectivity index (χ1) is 10.2. The van der Waals surface area contributed by atoms with E-state index >= 15 is 0 Å². The van der Waals surface area contributed by atoms with Crippen molar-refractivity contribution in [2.24, 2.45) is 7.05 Å². The molecular formula is C17H25N3O. The van der Waals surface area contributed by atoms with Gasteiger partial charge in [0, 0.05) is 24.8 Å². The molecular weight excluding hydrogens is 262 g/mol. The largest absolute Gasteiger partial charge is 0.497 e. The molecule has 1 unspecified atom stereocenters. The molecule has 1 aromatic heterocycles. The van der Waals surface area contributed by atoms with Crippen LogP contribution in [-0.2, 0) is 13.5 Å². The van der Waals surface area contributed by atoms with E-state index in [1.54, 1.807) is 7.11 Å². The molecule has 2 rings (SSSR count). The average molecular weight is 287 g/mol. The van der Waals surface area contributed by atoms with Crippen molar-refractivity contribution >= 4 is 0 Å².